The van der Waals surface area contributed by atoms with Gasteiger partial charge in [-0.1, -0.05) is 0 Å². The number of nitrogens with one attached hydrogen (secondary N) is 1. The summed E-state index contributed by atoms with van der Waals surface area (Å²) in [5, 5.41) is 0. The second-order valence-corrected chi connectivity index (χ2v) is 3.14. The van der Waals surface area contributed by atoms with Gasteiger partial charge in [0.25, 0.3) is 0 Å². The number of hydrogen-bond donors (Lipinski definition) is 2. The first-order chi connectivity index (χ1) is 7.00. The second-order valence-electron chi connectivity index (χ2n) is 3.14. The lowest BCUT2D eigenvalue weighted by atomic mass is 10.1. The lowest BCUT2D eigenvalue weighted by Crippen LogP contribution is -2.16. The largest absolute Gasteiger partial charge is 0.384 e. The smallest absolute Gasteiger partial charge is 0.346 e. The van der Waals surface area contributed by atoms with Crippen LogP contribution in [0.15, 0.2) is 11.0 Å². The van der Waals surface area contributed by atoms with E-state index in [0.717, 1.165) is 6.20 Å². The highest BCUT2D eigenvalue weighted by molar-refractivity contribution is 6.01. The minimum absolute atomic E-state index is 0.0106. The van der Waals surface area contributed by atoms with Crippen LogP contribution in [0.3, 0.4) is 0 Å². The Morgan fingerprint density at radius 3 is 2.67 bits per heavy atom. The van der Waals surface area contributed by atoms with Gasteiger partial charge in [0.1, 0.15) is 11.6 Å². The molecule has 0 aliphatic heterocycles. The zero-order chi connectivity index (χ0) is 11.4. The Balaban J connectivity index is 2.82. The molecule has 0 amide bonds. The quantitative estimate of drug-likeness (QED) is 0.673. The monoisotopic (exact) mass is 209 g/mol. The molecule has 0 aromatic carbocycles. The van der Waals surface area contributed by atoms with E-state index in [4.69, 9.17) is 5.73 Å². The van der Waals surface area contributed by atoms with Crippen LogP contribution in [0.4, 0.5) is 5.82 Å². The lowest BCUT2D eigenvalue weighted by Gasteiger charge is -2.01. The van der Waals surface area contributed by atoms with E-state index < -0.39 is 5.69 Å². The summed E-state index contributed by atoms with van der Waals surface area (Å²) in [6, 6.07) is 0. The molecular formula is C9H11N3O3. The van der Waals surface area contributed by atoms with E-state index in [0.29, 0.717) is 0 Å². The lowest BCUT2D eigenvalue weighted by molar-refractivity contribution is -0.116. The molecule has 0 saturated heterocycles. The Bertz CT molecular complexity index is 450. The molecule has 0 radical (unpaired) electrons. The number of ketones is 2. The third-order valence-electron chi connectivity index (χ3n) is 1.85. The molecule has 0 aliphatic rings. The number of hydrogen-bond acceptors (Lipinski definition) is 5. The van der Waals surface area contributed by atoms with Gasteiger partial charge in [-0.3, -0.25) is 9.78 Å². The highest BCUT2D eigenvalue weighted by Gasteiger charge is 2.11. The van der Waals surface area contributed by atoms with Gasteiger partial charge in [0.2, 0.25) is 0 Å². The number of nitrogen functional groups attached to an aromatic ring is 1. The van der Waals surface area contributed by atoms with Crippen molar-refractivity contribution in [2.75, 3.05) is 5.73 Å². The van der Waals surface area contributed by atoms with E-state index in [1.807, 2.05) is 0 Å². The van der Waals surface area contributed by atoms with Gasteiger partial charge in [-0.2, -0.15) is 0 Å². The van der Waals surface area contributed by atoms with Crippen LogP contribution in [-0.2, 0) is 4.79 Å². The van der Waals surface area contributed by atoms with Gasteiger partial charge in [-0.15, -0.1) is 0 Å². The van der Waals surface area contributed by atoms with E-state index in [-0.39, 0.29) is 35.8 Å². The standard InChI is InChI=1S/C9H11N3O3/c1-5(13)2-3-7(14)6-4-11-9(15)12-8(6)10/h4H,2-3H2,1H3,(H3,10,11,12,15). The molecule has 6 heteroatoms. The Morgan fingerprint density at radius 1 is 1.47 bits per heavy atom. The summed E-state index contributed by atoms with van der Waals surface area (Å²) in [7, 11) is 0. The molecule has 80 valence electrons. The average molecular weight is 209 g/mol. The van der Waals surface area contributed by atoms with Crippen molar-refractivity contribution in [3.05, 3.63) is 22.2 Å². The molecule has 0 fully saturated rings. The number of H-pyrrole nitrogens is 1. The van der Waals surface area contributed by atoms with Crippen LogP contribution in [0.2, 0.25) is 0 Å². The molecular weight excluding hydrogens is 198 g/mol. The zero-order valence-corrected chi connectivity index (χ0v) is 8.24. The minimum Gasteiger partial charge on any atom is -0.384 e. The highest BCUT2D eigenvalue weighted by atomic mass is 16.1. The molecule has 0 spiro atoms. The number of anilines is 1. The maximum absolute atomic E-state index is 11.5. The first-order valence-electron chi connectivity index (χ1n) is 4.38. The van der Waals surface area contributed by atoms with Crippen LogP contribution >= 0.6 is 0 Å². The predicted molar refractivity (Wildman–Crippen MR) is 53.5 cm³/mol. The fourth-order valence-electron chi connectivity index (χ4n) is 1.05. The first kappa shape index (κ1) is 11.1. The normalized spacial score (nSPS) is 9.93. The van der Waals surface area contributed by atoms with Crippen LogP contribution in [0, 0.1) is 0 Å². The van der Waals surface area contributed by atoms with Crippen molar-refractivity contribution in [3.63, 3.8) is 0 Å². The molecule has 1 heterocycles. The summed E-state index contributed by atoms with van der Waals surface area (Å²) in [5.74, 6) is -0.380. The number of aromatic amines is 1. The minimum atomic E-state index is -0.601. The van der Waals surface area contributed by atoms with Crippen LogP contribution in [-0.4, -0.2) is 21.5 Å². The third kappa shape index (κ3) is 3.01. The van der Waals surface area contributed by atoms with Crippen molar-refractivity contribution < 1.29 is 9.59 Å². The van der Waals surface area contributed by atoms with E-state index >= 15 is 0 Å². The van der Waals surface area contributed by atoms with E-state index in [1.54, 1.807) is 0 Å². The Labute approximate surface area is 85.5 Å². The zero-order valence-electron chi connectivity index (χ0n) is 8.24. The highest BCUT2D eigenvalue weighted by Crippen LogP contribution is 2.08. The summed E-state index contributed by atoms with van der Waals surface area (Å²) in [6.07, 6.45) is 1.36. The molecule has 1 aromatic rings. The van der Waals surface area contributed by atoms with Gasteiger partial charge in [-0.25, -0.2) is 9.78 Å². The van der Waals surface area contributed by atoms with E-state index in [9.17, 15) is 14.4 Å². The topological polar surface area (TPSA) is 106 Å². The Morgan fingerprint density at radius 2 is 2.13 bits per heavy atom. The van der Waals surface area contributed by atoms with Crippen molar-refractivity contribution in [2.45, 2.75) is 19.8 Å². The maximum atomic E-state index is 11.5. The van der Waals surface area contributed by atoms with Crippen LogP contribution in [0.1, 0.15) is 30.1 Å². The van der Waals surface area contributed by atoms with Crippen molar-refractivity contribution in [1.29, 1.82) is 0 Å². The SMILES string of the molecule is CC(=O)CCC(=O)c1cnc(=O)[nH]c1N. The van der Waals surface area contributed by atoms with Gasteiger partial charge in [-0.05, 0) is 6.92 Å². The summed E-state index contributed by atoms with van der Waals surface area (Å²) in [4.78, 5) is 38.5. The van der Waals surface area contributed by atoms with Gasteiger partial charge in [0.05, 0.1) is 5.56 Å². The van der Waals surface area contributed by atoms with Crippen molar-refractivity contribution in [2.24, 2.45) is 0 Å². The number of nitrogens with zero attached hydrogens (tertiary/aromatic N) is 1. The van der Waals surface area contributed by atoms with Gasteiger partial charge >= 0.3 is 5.69 Å². The Kier molecular flexibility index (Phi) is 3.33. The van der Waals surface area contributed by atoms with Crippen molar-refractivity contribution in [1.82, 2.24) is 9.97 Å². The number of carbonyl (C=O) groups excluding carboxylic acids is 2. The number of carbonyl (C=O) groups is 2. The van der Waals surface area contributed by atoms with E-state index in [1.165, 1.54) is 6.92 Å². The molecule has 0 bridgehead atoms. The second kappa shape index (κ2) is 4.50. The molecule has 0 unspecified atom stereocenters. The fraction of sp³-hybridized carbons (Fsp3) is 0.333. The van der Waals surface area contributed by atoms with Gasteiger partial charge in [0.15, 0.2) is 5.78 Å². The molecule has 0 aliphatic carbocycles. The molecule has 1 aromatic heterocycles. The number of nitrogens with two attached hydrogens (primary N) is 1. The summed E-state index contributed by atoms with van der Waals surface area (Å²) in [6.45, 7) is 1.40. The van der Waals surface area contributed by atoms with Crippen LogP contribution in [0.25, 0.3) is 0 Å². The molecule has 0 saturated carbocycles. The number of rotatable bonds is 4. The Hall–Kier alpha value is -1.98. The average Bonchev–Trinajstić information content (AvgIpc) is 2.14. The van der Waals surface area contributed by atoms with Gasteiger partial charge in [0, 0.05) is 19.0 Å². The van der Waals surface area contributed by atoms with Crippen LogP contribution < -0.4 is 11.4 Å². The molecule has 15 heavy (non-hydrogen) atoms. The third-order valence-corrected chi connectivity index (χ3v) is 1.85. The summed E-state index contributed by atoms with van der Waals surface area (Å²) >= 11 is 0. The predicted octanol–water partition coefficient (Wildman–Crippen LogP) is -0.0960. The first-order valence-corrected chi connectivity index (χ1v) is 4.38. The molecule has 6 nitrogen and oxygen atoms in total. The number of aromatic nitrogens is 2. The fourth-order valence-corrected chi connectivity index (χ4v) is 1.05. The summed E-state index contributed by atoms with van der Waals surface area (Å²) in [5.41, 5.74) is 4.98. The summed E-state index contributed by atoms with van der Waals surface area (Å²) < 4.78 is 0. The van der Waals surface area contributed by atoms with Crippen molar-refractivity contribution >= 4 is 17.4 Å². The van der Waals surface area contributed by atoms with E-state index in [2.05, 4.69) is 9.97 Å². The van der Waals surface area contributed by atoms with Crippen LogP contribution in [0.5, 0.6) is 0 Å². The maximum Gasteiger partial charge on any atom is 0.346 e. The van der Waals surface area contributed by atoms with Gasteiger partial charge < -0.3 is 10.5 Å². The number of Topliss-reactive ketones (excluding diaryl/α,β-unsaturated/α-hetero) is 2. The molecule has 1 rings (SSSR count). The molecule has 0 atom stereocenters. The van der Waals surface area contributed by atoms with Crippen molar-refractivity contribution in [3.8, 4) is 0 Å². The molecule has 3 N–H and O–H groups in total.